The van der Waals surface area contributed by atoms with Gasteiger partial charge in [-0.1, -0.05) is 42.0 Å². The fourth-order valence-corrected chi connectivity index (χ4v) is 3.49. The van der Waals surface area contributed by atoms with E-state index < -0.39 is 28.7 Å². The van der Waals surface area contributed by atoms with E-state index in [0.29, 0.717) is 17.5 Å². The van der Waals surface area contributed by atoms with Crippen LogP contribution < -0.4 is 16.6 Å². The highest BCUT2D eigenvalue weighted by atomic mass is 19.1. The molecule has 9 heteroatoms. The number of hydrogen-bond donors (Lipinski definition) is 1. The molecule has 0 bridgehead atoms. The van der Waals surface area contributed by atoms with Gasteiger partial charge in [0, 0.05) is 30.9 Å². The van der Waals surface area contributed by atoms with Crippen molar-refractivity contribution in [3.63, 3.8) is 0 Å². The van der Waals surface area contributed by atoms with E-state index in [0.717, 1.165) is 26.6 Å². The van der Waals surface area contributed by atoms with E-state index in [2.05, 4.69) is 15.4 Å². The summed E-state index contributed by atoms with van der Waals surface area (Å²) in [6, 6.07) is 16.9. The standard InChI is InChI=1S/C26H24FN5O3/c1-17-6-9-19(10-7-17)16-31-25(34)23(24(33)29-14-12-20-5-3-4-13-28-20)30-32(26(31)35)21-11-8-18(2)22(27)15-21/h3-11,13,15H,12,14,16H2,1-2H3,(H,29,33). The first kappa shape index (κ1) is 23.7. The molecule has 8 nitrogen and oxygen atoms in total. The smallest absolute Gasteiger partial charge is 0.350 e. The maximum absolute atomic E-state index is 14.3. The van der Waals surface area contributed by atoms with Crippen LogP contribution in [0.2, 0.25) is 0 Å². The molecule has 0 saturated carbocycles. The van der Waals surface area contributed by atoms with Crippen LogP contribution in [0.15, 0.2) is 76.4 Å². The first-order valence-electron chi connectivity index (χ1n) is 11.1. The molecule has 0 aliphatic heterocycles. The summed E-state index contributed by atoms with van der Waals surface area (Å²) in [7, 11) is 0. The Bertz CT molecular complexity index is 1480. The van der Waals surface area contributed by atoms with E-state index in [1.807, 2.05) is 31.2 Å². The summed E-state index contributed by atoms with van der Waals surface area (Å²) in [6.07, 6.45) is 2.10. The number of hydrogen-bond acceptors (Lipinski definition) is 5. The first-order valence-corrected chi connectivity index (χ1v) is 11.1. The number of aryl methyl sites for hydroxylation is 2. The topological polar surface area (TPSA) is 98.9 Å². The Labute approximate surface area is 200 Å². The number of amides is 1. The average molecular weight is 474 g/mol. The quantitative estimate of drug-likeness (QED) is 0.445. The number of carbonyl (C=O) groups excluding carboxylic acids is 1. The van der Waals surface area contributed by atoms with E-state index in [9.17, 15) is 18.8 Å². The van der Waals surface area contributed by atoms with Gasteiger partial charge in [0.1, 0.15) is 5.82 Å². The number of pyridine rings is 1. The molecule has 4 rings (SSSR count). The zero-order chi connectivity index (χ0) is 24.9. The molecule has 2 aromatic heterocycles. The van der Waals surface area contributed by atoms with Crippen LogP contribution in [0.25, 0.3) is 5.69 Å². The maximum Gasteiger partial charge on any atom is 0.352 e. The van der Waals surface area contributed by atoms with E-state index in [4.69, 9.17) is 0 Å². The van der Waals surface area contributed by atoms with Gasteiger partial charge in [0.2, 0.25) is 5.69 Å². The van der Waals surface area contributed by atoms with Gasteiger partial charge in [-0.2, -0.15) is 9.78 Å². The summed E-state index contributed by atoms with van der Waals surface area (Å²) in [5.74, 6) is -1.27. The molecule has 0 radical (unpaired) electrons. The van der Waals surface area contributed by atoms with Crippen molar-refractivity contribution in [1.29, 1.82) is 0 Å². The van der Waals surface area contributed by atoms with Gasteiger partial charge in [-0.3, -0.25) is 19.1 Å². The van der Waals surface area contributed by atoms with Gasteiger partial charge in [0.25, 0.3) is 11.5 Å². The molecule has 2 heterocycles. The minimum atomic E-state index is -0.824. The largest absolute Gasteiger partial charge is 0.352 e. The third-order valence-corrected chi connectivity index (χ3v) is 5.53. The Hall–Kier alpha value is -4.40. The average Bonchev–Trinajstić information content (AvgIpc) is 2.85. The second-order valence-corrected chi connectivity index (χ2v) is 8.18. The van der Waals surface area contributed by atoms with E-state index >= 15 is 0 Å². The number of nitrogens with zero attached hydrogens (tertiary/aromatic N) is 4. The highest BCUT2D eigenvalue weighted by molar-refractivity contribution is 5.91. The zero-order valence-corrected chi connectivity index (χ0v) is 19.4. The summed E-state index contributed by atoms with van der Waals surface area (Å²) in [5.41, 5.74) is 0.941. The third-order valence-electron chi connectivity index (χ3n) is 5.53. The molecule has 0 atom stereocenters. The molecular weight excluding hydrogens is 449 g/mol. The molecule has 4 aromatic rings. The van der Waals surface area contributed by atoms with Gasteiger partial charge in [-0.25, -0.2) is 9.18 Å². The molecule has 0 spiro atoms. The zero-order valence-electron chi connectivity index (χ0n) is 19.4. The van der Waals surface area contributed by atoms with Crippen LogP contribution in [0, 0.1) is 19.7 Å². The van der Waals surface area contributed by atoms with Crippen molar-refractivity contribution in [3.8, 4) is 5.69 Å². The van der Waals surface area contributed by atoms with Crippen LogP contribution in [0.5, 0.6) is 0 Å². The van der Waals surface area contributed by atoms with Crippen LogP contribution in [0.3, 0.4) is 0 Å². The Kier molecular flexibility index (Phi) is 6.96. The van der Waals surface area contributed by atoms with Gasteiger partial charge < -0.3 is 5.32 Å². The number of nitrogens with one attached hydrogen (secondary N) is 1. The second-order valence-electron chi connectivity index (χ2n) is 8.18. The number of carbonyl (C=O) groups is 1. The van der Waals surface area contributed by atoms with Crippen molar-refractivity contribution in [2.75, 3.05) is 6.54 Å². The lowest BCUT2D eigenvalue weighted by molar-refractivity contribution is 0.0944. The molecule has 0 unspecified atom stereocenters. The Morgan fingerprint density at radius 1 is 1.03 bits per heavy atom. The van der Waals surface area contributed by atoms with Crippen molar-refractivity contribution < 1.29 is 9.18 Å². The Balaban J connectivity index is 1.73. The van der Waals surface area contributed by atoms with Crippen molar-refractivity contribution >= 4 is 5.91 Å². The highest BCUT2D eigenvalue weighted by Crippen LogP contribution is 2.11. The SMILES string of the molecule is Cc1ccc(Cn2c(=O)c(C(=O)NCCc3ccccn3)nn(-c3ccc(C)c(F)c3)c2=O)cc1. The summed E-state index contributed by atoms with van der Waals surface area (Å²) >= 11 is 0. The van der Waals surface area contributed by atoms with Crippen LogP contribution >= 0.6 is 0 Å². The second kappa shape index (κ2) is 10.3. The molecule has 0 aliphatic rings. The lowest BCUT2D eigenvalue weighted by Crippen LogP contribution is -2.46. The van der Waals surface area contributed by atoms with Crippen molar-refractivity contribution in [2.24, 2.45) is 0 Å². The molecule has 0 fully saturated rings. The first-order chi connectivity index (χ1) is 16.8. The van der Waals surface area contributed by atoms with Crippen LogP contribution in [0.4, 0.5) is 4.39 Å². The Morgan fingerprint density at radius 2 is 1.80 bits per heavy atom. The summed E-state index contributed by atoms with van der Waals surface area (Å²) in [6.45, 7) is 3.67. The highest BCUT2D eigenvalue weighted by Gasteiger charge is 2.21. The lowest BCUT2D eigenvalue weighted by Gasteiger charge is -2.13. The summed E-state index contributed by atoms with van der Waals surface area (Å²) in [4.78, 5) is 43.5. The number of halogens is 1. The van der Waals surface area contributed by atoms with Crippen molar-refractivity contribution in [1.82, 2.24) is 24.6 Å². The number of rotatable bonds is 7. The van der Waals surface area contributed by atoms with Crippen LogP contribution in [-0.4, -0.2) is 31.8 Å². The monoisotopic (exact) mass is 473 g/mol. The van der Waals surface area contributed by atoms with Crippen molar-refractivity contribution in [3.05, 3.63) is 122 Å². The summed E-state index contributed by atoms with van der Waals surface area (Å²) in [5, 5.41) is 6.69. The predicted octanol–water partition coefficient (Wildman–Crippen LogP) is 2.57. The van der Waals surface area contributed by atoms with Gasteiger partial charge in [0.05, 0.1) is 12.2 Å². The van der Waals surface area contributed by atoms with Gasteiger partial charge in [-0.05, 0) is 43.2 Å². The van der Waals surface area contributed by atoms with Gasteiger partial charge in [-0.15, -0.1) is 0 Å². The fourth-order valence-electron chi connectivity index (χ4n) is 3.49. The maximum atomic E-state index is 14.3. The van der Waals surface area contributed by atoms with Crippen molar-refractivity contribution in [2.45, 2.75) is 26.8 Å². The van der Waals surface area contributed by atoms with Crippen LogP contribution in [-0.2, 0) is 13.0 Å². The molecular formula is C26H24FN5O3. The predicted molar refractivity (Wildman–Crippen MR) is 129 cm³/mol. The molecule has 0 saturated heterocycles. The number of aromatic nitrogens is 4. The van der Waals surface area contributed by atoms with Crippen LogP contribution in [0.1, 0.15) is 32.9 Å². The van der Waals surface area contributed by atoms with E-state index in [-0.39, 0.29) is 18.8 Å². The van der Waals surface area contributed by atoms with Gasteiger partial charge in [0.15, 0.2) is 0 Å². The molecule has 2 aromatic carbocycles. The third kappa shape index (κ3) is 5.40. The minimum absolute atomic E-state index is 0.0664. The molecule has 178 valence electrons. The molecule has 1 N–H and O–H groups in total. The lowest BCUT2D eigenvalue weighted by atomic mass is 10.1. The fraction of sp³-hybridized carbons (Fsp3) is 0.192. The molecule has 35 heavy (non-hydrogen) atoms. The normalized spacial score (nSPS) is 10.8. The van der Waals surface area contributed by atoms with Gasteiger partial charge >= 0.3 is 5.69 Å². The minimum Gasteiger partial charge on any atom is -0.350 e. The Morgan fingerprint density at radius 3 is 2.49 bits per heavy atom. The van der Waals surface area contributed by atoms with E-state index in [1.54, 1.807) is 31.3 Å². The molecule has 1 amide bonds. The summed E-state index contributed by atoms with van der Waals surface area (Å²) < 4.78 is 16.1. The number of benzene rings is 2. The molecule has 0 aliphatic carbocycles. The van der Waals surface area contributed by atoms with E-state index in [1.165, 1.54) is 12.1 Å².